The first-order chi connectivity index (χ1) is 8.83. The van der Waals surface area contributed by atoms with E-state index in [2.05, 4.69) is 19.4 Å². The molecule has 0 aliphatic carbocycles. The van der Waals surface area contributed by atoms with Gasteiger partial charge in [-0.3, -0.25) is 0 Å². The van der Waals surface area contributed by atoms with Crippen LogP contribution in [0.15, 0.2) is 12.1 Å². The van der Waals surface area contributed by atoms with Gasteiger partial charge in [0.25, 0.3) is 0 Å². The number of aryl methyl sites for hydroxylation is 1. The van der Waals surface area contributed by atoms with Crippen LogP contribution in [0.1, 0.15) is 69.6 Å². The molecule has 0 aliphatic rings. The van der Waals surface area contributed by atoms with Crippen LogP contribution in [0.4, 0.5) is 0 Å². The number of hydrogen-bond donors (Lipinski definition) is 0. The molecule has 1 aromatic heterocycles. The van der Waals surface area contributed by atoms with Gasteiger partial charge in [0.1, 0.15) is 0 Å². The van der Waals surface area contributed by atoms with Crippen LogP contribution in [-0.4, -0.2) is 0 Å². The molecule has 0 bridgehead atoms. The van der Waals surface area contributed by atoms with Crippen LogP contribution in [0, 0.1) is 6.42 Å². The van der Waals surface area contributed by atoms with Gasteiger partial charge in [-0.2, -0.15) is 0 Å². The van der Waals surface area contributed by atoms with Gasteiger partial charge < -0.3 is 0 Å². The summed E-state index contributed by atoms with van der Waals surface area (Å²) >= 11 is 7.64. The van der Waals surface area contributed by atoms with Gasteiger partial charge in [-0.1, -0.05) is 69.9 Å². The lowest BCUT2D eigenvalue weighted by Gasteiger charge is -2.01. The van der Waals surface area contributed by atoms with Crippen LogP contribution >= 0.6 is 22.9 Å². The van der Waals surface area contributed by atoms with E-state index in [9.17, 15) is 0 Å². The molecule has 0 spiro atoms. The molecule has 18 heavy (non-hydrogen) atoms. The van der Waals surface area contributed by atoms with Gasteiger partial charge in [-0.25, -0.2) is 0 Å². The SMILES string of the molecule is CC[CH]CCCCCCCCCc1ccc(Cl)s1. The Hall–Kier alpha value is -0.0100. The fraction of sp³-hybridized carbons (Fsp3) is 0.688. The van der Waals surface area contributed by atoms with Crippen LogP contribution < -0.4 is 0 Å². The minimum Gasteiger partial charge on any atom is -0.128 e. The third kappa shape index (κ3) is 8.16. The van der Waals surface area contributed by atoms with Crippen LogP contribution in [-0.2, 0) is 6.42 Å². The Labute approximate surface area is 122 Å². The third-order valence-electron chi connectivity index (χ3n) is 3.25. The molecule has 0 aliphatic heterocycles. The molecule has 0 aromatic carbocycles. The summed E-state index contributed by atoms with van der Waals surface area (Å²) in [4.78, 5) is 1.44. The highest BCUT2D eigenvalue weighted by molar-refractivity contribution is 7.16. The Morgan fingerprint density at radius 1 is 1.00 bits per heavy atom. The molecule has 0 nitrogen and oxygen atoms in total. The minimum atomic E-state index is 0.925. The van der Waals surface area contributed by atoms with E-state index in [4.69, 9.17) is 11.6 Å². The molecule has 2 heteroatoms. The molecule has 0 fully saturated rings. The molecule has 0 unspecified atom stereocenters. The summed E-state index contributed by atoms with van der Waals surface area (Å²) < 4.78 is 0.925. The second-order valence-electron chi connectivity index (χ2n) is 4.92. The smallest absolute Gasteiger partial charge is 0.0931 e. The molecule has 1 heterocycles. The summed E-state index contributed by atoms with van der Waals surface area (Å²) in [5.74, 6) is 0. The highest BCUT2D eigenvalue weighted by Crippen LogP contribution is 2.23. The first kappa shape index (κ1) is 16.0. The van der Waals surface area contributed by atoms with Gasteiger partial charge >= 0.3 is 0 Å². The first-order valence-electron chi connectivity index (χ1n) is 7.39. The third-order valence-corrected chi connectivity index (χ3v) is 4.54. The van der Waals surface area contributed by atoms with E-state index >= 15 is 0 Å². The van der Waals surface area contributed by atoms with Gasteiger partial charge in [0, 0.05) is 4.88 Å². The summed E-state index contributed by atoms with van der Waals surface area (Å²) in [5, 5.41) is 0. The Morgan fingerprint density at radius 3 is 2.28 bits per heavy atom. The number of unbranched alkanes of at least 4 members (excludes halogenated alkanes) is 9. The zero-order valence-electron chi connectivity index (χ0n) is 11.6. The van der Waals surface area contributed by atoms with E-state index in [0.29, 0.717) is 0 Å². The number of rotatable bonds is 11. The van der Waals surface area contributed by atoms with Gasteiger partial charge in [0.15, 0.2) is 0 Å². The van der Waals surface area contributed by atoms with Gasteiger partial charge in [-0.05, 0) is 31.4 Å². The molecule has 0 N–H and O–H groups in total. The van der Waals surface area contributed by atoms with Gasteiger partial charge in [-0.15, -0.1) is 11.3 Å². The van der Waals surface area contributed by atoms with Gasteiger partial charge in [0.2, 0.25) is 0 Å². The maximum atomic E-state index is 5.91. The topological polar surface area (TPSA) is 0 Å². The van der Waals surface area contributed by atoms with Crippen molar-refractivity contribution in [2.75, 3.05) is 0 Å². The molecule has 0 saturated carbocycles. The normalized spacial score (nSPS) is 11.0. The predicted octanol–water partition coefficient (Wildman–Crippen LogP) is 6.68. The Bertz CT molecular complexity index is 293. The van der Waals surface area contributed by atoms with E-state index in [-0.39, 0.29) is 0 Å². The van der Waals surface area contributed by atoms with E-state index < -0.39 is 0 Å². The van der Waals surface area contributed by atoms with Crippen LogP contribution in [0.3, 0.4) is 0 Å². The molecule has 1 rings (SSSR count). The second kappa shape index (κ2) is 10.9. The maximum absolute atomic E-state index is 5.91. The van der Waals surface area contributed by atoms with E-state index in [1.54, 1.807) is 11.3 Å². The largest absolute Gasteiger partial charge is 0.128 e. The van der Waals surface area contributed by atoms with Crippen LogP contribution in [0.25, 0.3) is 0 Å². The van der Waals surface area contributed by atoms with E-state index in [0.717, 1.165) is 4.34 Å². The zero-order valence-corrected chi connectivity index (χ0v) is 13.2. The Kier molecular flexibility index (Phi) is 9.69. The van der Waals surface area contributed by atoms with E-state index in [1.807, 2.05) is 6.07 Å². The van der Waals surface area contributed by atoms with Crippen molar-refractivity contribution in [3.63, 3.8) is 0 Å². The molecule has 0 atom stereocenters. The second-order valence-corrected chi connectivity index (χ2v) is 6.72. The number of halogens is 1. The Morgan fingerprint density at radius 2 is 1.67 bits per heavy atom. The molecular weight excluding hydrogens is 260 g/mol. The van der Waals surface area contributed by atoms with Crippen molar-refractivity contribution in [3.8, 4) is 0 Å². The summed E-state index contributed by atoms with van der Waals surface area (Å²) in [7, 11) is 0. The van der Waals surface area contributed by atoms with Crippen molar-refractivity contribution < 1.29 is 0 Å². The van der Waals surface area contributed by atoms with Crippen molar-refractivity contribution in [1.29, 1.82) is 0 Å². The number of hydrogen-bond acceptors (Lipinski definition) is 1. The molecular formula is C16H26ClS. The quantitative estimate of drug-likeness (QED) is 0.398. The zero-order chi connectivity index (χ0) is 13.1. The van der Waals surface area contributed by atoms with Crippen molar-refractivity contribution in [2.24, 2.45) is 0 Å². The van der Waals surface area contributed by atoms with Crippen molar-refractivity contribution in [1.82, 2.24) is 0 Å². The molecule has 1 aromatic rings. The van der Waals surface area contributed by atoms with Crippen LogP contribution in [0.2, 0.25) is 4.34 Å². The van der Waals surface area contributed by atoms with Gasteiger partial charge in [0.05, 0.1) is 4.34 Å². The van der Waals surface area contributed by atoms with Crippen molar-refractivity contribution >= 4 is 22.9 Å². The summed E-state index contributed by atoms with van der Waals surface area (Å²) in [6.07, 6.45) is 15.9. The fourth-order valence-electron chi connectivity index (χ4n) is 2.16. The van der Waals surface area contributed by atoms with E-state index in [1.165, 1.54) is 69.1 Å². The van der Waals surface area contributed by atoms with Crippen molar-refractivity contribution in [2.45, 2.75) is 71.1 Å². The molecule has 103 valence electrons. The molecule has 0 saturated heterocycles. The average molecular weight is 286 g/mol. The lowest BCUT2D eigenvalue weighted by Crippen LogP contribution is -1.84. The first-order valence-corrected chi connectivity index (χ1v) is 8.58. The lowest BCUT2D eigenvalue weighted by molar-refractivity contribution is 0.577. The predicted molar refractivity (Wildman–Crippen MR) is 84.6 cm³/mol. The van der Waals surface area contributed by atoms with Crippen LogP contribution in [0.5, 0.6) is 0 Å². The molecule has 0 amide bonds. The fourth-order valence-corrected chi connectivity index (χ4v) is 3.29. The summed E-state index contributed by atoms with van der Waals surface area (Å²) in [5.41, 5.74) is 0. The number of thiophene rings is 1. The Balaban J connectivity index is 1.81. The monoisotopic (exact) mass is 285 g/mol. The van der Waals surface area contributed by atoms with Crippen molar-refractivity contribution in [3.05, 3.63) is 27.8 Å². The average Bonchev–Trinajstić information content (AvgIpc) is 2.77. The standard InChI is InChI=1S/C16H26ClS/c1-2-3-4-5-6-7-8-9-10-11-12-15-13-14-16(17)18-15/h3,13-14H,2,4-12H2,1H3. The highest BCUT2D eigenvalue weighted by Gasteiger charge is 1.98. The highest BCUT2D eigenvalue weighted by atomic mass is 35.5. The lowest BCUT2D eigenvalue weighted by atomic mass is 10.1. The summed E-state index contributed by atoms with van der Waals surface area (Å²) in [6.45, 7) is 2.22. The minimum absolute atomic E-state index is 0.925. The molecule has 1 radical (unpaired) electrons. The maximum Gasteiger partial charge on any atom is 0.0931 e. The summed E-state index contributed by atoms with van der Waals surface area (Å²) in [6, 6.07) is 4.17.